The van der Waals surface area contributed by atoms with Gasteiger partial charge in [-0.15, -0.1) is 0 Å². The van der Waals surface area contributed by atoms with Crippen molar-refractivity contribution in [3.63, 3.8) is 0 Å². The second kappa shape index (κ2) is 7.99. The van der Waals surface area contributed by atoms with Crippen molar-refractivity contribution >= 4 is 12.0 Å². The topological polar surface area (TPSA) is 72.9 Å². The van der Waals surface area contributed by atoms with Crippen LogP contribution in [-0.2, 0) is 4.79 Å². The van der Waals surface area contributed by atoms with Crippen molar-refractivity contribution in [1.82, 2.24) is 15.1 Å². The predicted octanol–water partition coefficient (Wildman–Crippen LogP) is 0.977. The number of piperazine rings is 1. The molecule has 0 bridgehead atoms. The predicted molar refractivity (Wildman–Crippen MR) is 73.2 cm³/mol. The molecule has 6 nitrogen and oxygen atoms in total. The van der Waals surface area contributed by atoms with Gasteiger partial charge in [0.25, 0.3) is 0 Å². The maximum atomic E-state index is 12.0. The molecule has 0 radical (unpaired) electrons. The SMILES string of the molecule is CCCCC(C)NC(=O)N1CCN(CC(=O)O)CC1. The average molecular weight is 271 g/mol. The van der Waals surface area contributed by atoms with E-state index in [2.05, 4.69) is 12.2 Å². The summed E-state index contributed by atoms with van der Waals surface area (Å²) in [6, 6.07) is 0.170. The van der Waals surface area contributed by atoms with Crippen LogP contribution in [-0.4, -0.2) is 65.7 Å². The average Bonchev–Trinajstić information content (AvgIpc) is 2.36. The lowest BCUT2D eigenvalue weighted by Crippen LogP contribution is -2.53. The number of carbonyl (C=O) groups is 2. The monoisotopic (exact) mass is 271 g/mol. The Bertz CT molecular complexity index is 302. The zero-order chi connectivity index (χ0) is 14.3. The second-order valence-electron chi connectivity index (χ2n) is 5.15. The van der Waals surface area contributed by atoms with Crippen LogP contribution >= 0.6 is 0 Å². The molecule has 0 aromatic carbocycles. The number of carboxylic acids is 1. The molecular formula is C13H25N3O3. The van der Waals surface area contributed by atoms with Gasteiger partial charge >= 0.3 is 12.0 Å². The molecule has 1 saturated heterocycles. The molecule has 1 aliphatic heterocycles. The van der Waals surface area contributed by atoms with E-state index in [1.165, 1.54) is 0 Å². The number of aliphatic carboxylic acids is 1. The Morgan fingerprint density at radius 3 is 2.42 bits per heavy atom. The second-order valence-corrected chi connectivity index (χ2v) is 5.15. The number of carboxylic acid groups (broad SMARTS) is 1. The van der Waals surface area contributed by atoms with E-state index in [4.69, 9.17) is 5.11 Å². The number of unbranched alkanes of at least 4 members (excludes halogenated alkanes) is 1. The Labute approximate surface area is 114 Å². The summed E-state index contributed by atoms with van der Waals surface area (Å²) in [5.41, 5.74) is 0. The van der Waals surface area contributed by atoms with E-state index in [0.29, 0.717) is 26.2 Å². The summed E-state index contributed by atoms with van der Waals surface area (Å²) in [6.07, 6.45) is 3.25. The minimum absolute atomic E-state index is 0.0291. The quantitative estimate of drug-likeness (QED) is 0.755. The highest BCUT2D eigenvalue weighted by Gasteiger charge is 2.22. The smallest absolute Gasteiger partial charge is 0.317 e. The summed E-state index contributed by atoms with van der Waals surface area (Å²) in [4.78, 5) is 26.2. The summed E-state index contributed by atoms with van der Waals surface area (Å²) in [7, 11) is 0. The lowest BCUT2D eigenvalue weighted by molar-refractivity contribution is -0.138. The van der Waals surface area contributed by atoms with Gasteiger partial charge in [-0.3, -0.25) is 9.69 Å². The fraction of sp³-hybridized carbons (Fsp3) is 0.846. The van der Waals surface area contributed by atoms with Gasteiger partial charge in [0.15, 0.2) is 0 Å². The van der Waals surface area contributed by atoms with Crippen molar-refractivity contribution in [2.75, 3.05) is 32.7 Å². The number of amides is 2. The minimum Gasteiger partial charge on any atom is -0.480 e. The standard InChI is InChI=1S/C13H25N3O3/c1-3-4-5-11(2)14-13(19)16-8-6-15(7-9-16)10-12(17)18/h11H,3-10H2,1-2H3,(H,14,19)(H,17,18). The highest BCUT2D eigenvalue weighted by Crippen LogP contribution is 2.04. The number of urea groups is 1. The Kier molecular flexibility index (Phi) is 6.62. The summed E-state index contributed by atoms with van der Waals surface area (Å²) >= 11 is 0. The molecule has 2 N–H and O–H groups in total. The Morgan fingerprint density at radius 1 is 1.26 bits per heavy atom. The van der Waals surface area contributed by atoms with Crippen LogP contribution in [0.25, 0.3) is 0 Å². The van der Waals surface area contributed by atoms with Crippen LogP contribution in [0.4, 0.5) is 4.79 Å². The molecule has 6 heteroatoms. The summed E-state index contributed by atoms with van der Waals surface area (Å²) < 4.78 is 0. The van der Waals surface area contributed by atoms with Gasteiger partial charge < -0.3 is 15.3 Å². The van der Waals surface area contributed by atoms with E-state index in [9.17, 15) is 9.59 Å². The molecule has 1 fully saturated rings. The van der Waals surface area contributed by atoms with E-state index in [1.807, 2.05) is 11.8 Å². The minimum atomic E-state index is -0.814. The summed E-state index contributed by atoms with van der Waals surface area (Å²) in [5.74, 6) is -0.814. The third-order valence-electron chi connectivity index (χ3n) is 3.38. The maximum Gasteiger partial charge on any atom is 0.317 e. The molecule has 0 aromatic rings. The third kappa shape index (κ3) is 5.92. The van der Waals surface area contributed by atoms with Crippen LogP contribution in [0, 0.1) is 0 Å². The molecule has 1 heterocycles. The van der Waals surface area contributed by atoms with Gasteiger partial charge in [0, 0.05) is 32.2 Å². The van der Waals surface area contributed by atoms with Crippen molar-refractivity contribution in [3.8, 4) is 0 Å². The Morgan fingerprint density at radius 2 is 1.89 bits per heavy atom. The van der Waals surface area contributed by atoms with Gasteiger partial charge in [0.1, 0.15) is 0 Å². The fourth-order valence-electron chi connectivity index (χ4n) is 2.18. The summed E-state index contributed by atoms with van der Waals surface area (Å²) in [6.45, 7) is 6.66. The zero-order valence-electron chi connectivity index (χ0n) is 11.9. The van der Waals surface area contributed by atoms with Gasteiger partial charge in [0.2, 0.25) is 0 Å². The number of hydrogen-bond donors (Lipinski definition) is 2. The van der Waals surface area contributed by atoms with E-state index >= 15 is 0 Å². The van der Waals surface area contributed by atoms with Crippen molar-refractivity contribution in [3.05, 3.63) is 0 Å². The molecule has 1 unspecified atom stereocenters. The highest BCUT2D eigenvalue weighted by atomic mass is 16.4. The van der Waals surface area contributed by atoms with Crippen molar-refractivity contribution in [2.24, 2.45) is 0 Å². The number of nitrogens with one attached hydrogen (secondary N) is 1. The molecule has 1 aliphatic rings. The van der Waals surface area contributed by atoms with Gasteiger partial charge in [0.05, 0.1) is 6.54 Å². The van der Waals surface area contributed by atoms with E-state index in [1.54, 1.807) is 4.90 Å². The fourth-order valence-corrected chi connectivity index (χ4v) is 2.18. The number of hydrogen-bond acceptors (Lipinski definition) is 3. The first kappa shape index (κ1) is 15.8. The lowest BCUT2D eigenvalue weighted by Gasteiger charge is -2.34. The molecule has 110 valence electrons. The van der Waals surface area contributed by atoms with Gasteiger partial charge in [-0.2, -0.15) is 0 Å². The third-order valence-corrected chi connectivity index (χ3v) is 3.38. The molecule has 0 aliphatic carbocycles. The van der Waals surface area contributed by atoms with Crippen LogP contribution in [0.5, 0.6) is 0 Å². The normalized spacial score (nSPS) is 18.1. The highest BCUT2D eigenvalue weighted by molar-refractivity contribution is 5.74. The zero-order valence-corrected chi connectivity index (χ0v) is 11.9. The van der Waals surface area contributed by atoms with Crippen LogP contribution in [0.1, 0.15) is 33.1 Å². The maximum absolute atomic E-state index is 12.0. The Hall–Kier alpha value is -1.30. The molecule has 0 spiro atoms. The van der Waals surface area contributed by atoms with Crippen molar-refractivity contribution in [1.29, 1.82) is 0 Å². The number of rotatable bonds is 6. The largest absolute Gasteiger partial charge is 0.480 e. The van der Waals surface area contributed by atoms with Gasteiger partial charge in [-0.1, -0.05) is 19.8 Å². The van der Waals surface area contributed by atoms with Crippen LogP contribution < -0.4 is 5.32 Å². The van der Waals surface area contributed by atoms with E-state index < -0.39 is 5.97 Å². The first-order chi connectivity index (χ1) is 9.02. The van der Waals surface area contributed by atoms with Crippen molar-refractivity contribution in [2.45, 2.75) is 39.2 Å². The molecular weight excluding hydrogens is 246 g/mol. The Balaban J connectivity index is 2.26. The molecule has 1 rings (SSSR count). The van der Waals surface area contributed by atoms with E-state index in [-0.39, 0.29) is 18.6 Å². The molecule has 1 atom stereocenters. The van der Waals surface area contributed by atoms with E-state index in [0.717, 1.165) is 19.3 Å². The van der Waals surface area contributed by atoms with Crippen LogP contribution in [0.3, 0.4) is 0 Å². The van der Waals surface area contributed by atoms with Crippen LogP contribution in [0.15, 0.2) is 0 Å². The first-order valence-corrected chi connectivity index (χ1v) is 7.02. The summed E-state index contributed by atoms with van der Waals surface area (Å²) in [5, 5.41) is 11.7. The van der Waals surface area contributed by atoms with Crippen molar-refractivity contribution < 1.29 is 14.7 Å². The van der Waals surface area contributed by atoms with Gasteiger partial charge in [-0.25, -0.2) is 4.79 Å². The first-order valence-electron chi connectivity index (χ1n) is 7.02. The van der Waals surface area contributed by atoms with Crippen LogP contribution in [0.2, 0.25) is 0 Å². The molecule has 0 saturated carbocycles. The number of carbonyl (C=O) groups excluding carboxylic acids is 1. The molecule has 19 heavy (non-hydrogen) atoms. The molecule has 0 aromatic heterocycles. The molecule has 2 amide bonds. The lowest BCUT2D eigenvalue weighted by atomic mass is 10.1. The number of nitrogens with zero attached hydrogens (tertiary/aromatic N) is 2. The van der Waals surface area contributed by atoms with Gasteiger partial charge in [-0.05, 0) is 13.3 Å².